The maximum absolute atomic E-state index is 12.8. The van der Waals surface area contributed by atoms with Gasteiger partial charge < -0.3 is 9.47 Å². The molecule has 0 N–H and O–H groups in total. The highest BCUT2D eigenvalue weighted by Crippen LogP contribution is 2.27. The summed E-state index contributed by atoms with van der Waals surface area (Å²) in [5, 5.41) is 0. The number of carbonyl (C=O) groups excluding carboxylic acids is 1. The van der Waals surface area contributed by atoms with E-state index in [-0.39, 0.29) is 5.91 Å². The first kappa shape index (κ1) is 17.5. The minimum Gasteiger partial charge on any atom is -0.346 e. The fourth-order valence-electron chi connectivity index (χ4n) is 3.94. The van der Waals surface area contributed by atoms with Gasteiger partial charge in [-0.25, -0.2) is 9.97 Å². The molecular formula is C22H24N4O. The van der Waals surface area contributed by atoms with Gasteiger partial charge in [-0.3, -0.25) is 4.79 Å². The van der Waals surface area contributed by atoms with Crippen LogP contribution in [0.5, 0.6) is 0 Å². The van der Waals surface area contributed by atoms with Crippen molar-refractivity contribution in [2.45, 2.75) is 32.7 Å². The molecule has 27 heavy (non-hydrogen) atoms. The molecule has 0 bridgehead atoms. The summed E-state index contributed by atoms with van der Waals surface area (Å²) in [4.78, 5) is 23.5. The number of hydrogen-bond donors (Lipinski definition) is 0. The molecule has 1 aliphatic heterocycles. The Hall–Kier alpha value is -2.95. The average Bonchev–Trinajstić information content (AvgIpc) is 3.06. The molecule has 0 saturated carbocycles. The van der Waals surface area contributed by atoms with Gasteiger partial charge in [-0.05, 0) is 38.8 Å². The van der Waals surface area contributed by atoms with E-state index in [4.69, 9.17) is 0 Å². The molecule has 2 aromatic heterocycles. The van der Waals surface area contributed by atoms with E-state index in [2.05, 4.69) is 40.5 Å². The highest BCUT2D eigenvalue weighted by molar-refractivity contribution is 5.93. The third kappa shape index (κ3) is 3.50. The summed E-state index contributed by atoms with van der Waals surface area (Å²) in [5.41, 5.74) is 4.10. The number of piperidine rings is 1. The number of carbonyl (C=O) groups is 1. The molecule has 0 spiro atoms. The first-order valence-electron chi connectivity index (χ1n) is 9.44. The van der Waals surface area contributed by atoms with Crippen molar-refractivity contribution in [3.05, 3.63) is 71.8 Å². The molecule has 1 amide bonds. The lowest BCUT2D eigenvalue weighted by atomic mass is 10.0. The van der Waals surface area contributed by atoms with Crippen molar-refractivity contribution < 1.29 is 4.79 Å². The van der Waals surface area contributed by atoms with Gasteiger partial charge in [0.05, 0.1) is 5.56 Å². The van der Waals surface area contributed by atoms with Gasteiger partial charge in [0.1, 0.15) is 0 Å². The van der Waals surface area contributed by atoms with Crippen LogP contribution < -0.4 is 0 Å². The zero-order chi connectivity index (χ0) is 18.8. The maximum Gasteiger partial charge on any atom is 0.256 e. The van der Waals surface area contributed by atoms with Gasteiger partial charge in [0.15, 0.2) is 5.82 Å². The number of amides is 1. The van der Waals surface area contributed by atoms with Gasteiger partial charge in [-0.1, -0.05) is 30.3 Å². The smallest absolute Gasteiger partial charge is 0.256 e. The van der Waals surface area contributed by atoms with E-state index in [0.717, 1.165) is 31.5 Å². The average molecular weight is 360 g/mol. The first-order valence-corrected chi connectivity index (χ1v) is 9.44. The van der Waals surface area contributed by atoms with E-state index in [1.807, 2.05) is 35.2 Å². The highest BCUT2D eigenvalue weighted by atomic mass is 16.2. The Bertz CT molecular complexity index is 903. The number of rotatable bonds is 3. The Labute approximate surface area is 159 Å². The zero-order valence-corrected chi connectivity index (χ0v) is 15.8. The van der Waals surface area contributed by atoms with Crippen LogP contribution in [-0.2, 0) is 0 Å². The van der Waals surface area contributed by atoms with Crippen LogP contribution in [0.1, 0.15) is 40.6 Å². The Morgan fingerprint density at radius 3 is 2.11 bits per heavy atom. The summed E-state index contributed by atoms with van der Waals surface area (Å²) < 4.78 is 2.40. The van der Waals surface area contributed by atoms with E-state index in [0.29, 0.717) is 17.4 Å². The predicted molar refractivity (Wildman–Crippen MR) is 106 cm³/mol. The quantitative estimate of drug-likeness (QED) is 0.708. The topological polar surface area (TPSA) is 51.0 Å². The lowest BCUT2D eigenvalue weighted by Crippen LogP contribution is -2.39. The van der Waals surface area contributed by atoms with Crippen LogP contribution in [0, 0.1) is 13.8 Å². The van der Waals surface area contributed by atoms with E-state index >= 15 is 0 Å². The van der Waals surface area contributed by atoms with Crippen LogP contribution in [0.2, 0.25) is 0 Å². The van der Waals surface area contributed by atoms with Crippen molar-refractivity contribution in [3.63, 3.8) is 0 Å². The summed E-state index contributed by atoms with van der Waals surface area (Å²) in [6.45, 7) is 5.83. The van der Waals surface area contributed by atoms with Crippen LogP contribution in [0.25, 0.3) is 11.4 Å². The van der Waals surface area contributed by atoms with Crippen molar-refractivity contribution in [1.82, 2.24) is 19.4 Å². The van der Waals surface area contributed by atoms with Crippen LogP contribution >= 0.6 is 0 Å². The summed E-state index contributed by atoms with van der Waals surface area (Å²) in [5.74, 6) is 0.665. The lowest BCUT2D eigenvalue weighted by Gasteiger charge is -2.34. The number of hydrogen-bond acceptors (Lipinski definition) is 3. The molecule has 3 aromatic rings. The maximum atomic E-state index is 12.8. The van der Waals surface area contributed by atoms with Gasteiger partial charge in [-0.2, -0.15) is 0 Å². The van der Waals surface area contributed by atoms with Gasteiger partial charge in [0.2, 0.25) is 0 Å². The van der Waals surface area contributed by atoms with E-state index in [1.54, 1.807) is 12.4 Å². The van der Waals surface area contributed by atoms with E-state index in [1.165, 1.54) is 11.4 Å². The minimum absolute atomic E-state index is 0.0222. The lowest BCUT2D eigenvalue weighted by molar-refractivity contribution is 0.0693. The number of benzene rings is 1. The third-order valence-electron chi connectivity index (χ3n) is 5.37. The number of aryl methyl sites for hydroxylation is 2. The Balaban J connectivity index is 1.42. The monoisotopic (exact) mass is 360 g/mol. The second-order valence-corrected chi connectivity index (χ2v) is 7.17. The second kappa shape index (κ2) is 7.35. The first-order chi connectivity index (χ1) is 13.1. The fourth-order valence-corrected chi connectivity index (χ4v) is 3.94. The number of likely N-dealkylation sites (tertiary alicyclic amines) is 1. The molecule has 0 atom stereocenters. The van der Waals surface area contributed by atoms with Gasteiger partial charge in [0.25, 0.3) is 5.91 Å². The van der Waals surface area contributed by atoms with Crippen molar-refractivity contribution in [2.24, 2.45) is 0 Å². The molecule has 138 valence electrons. The third-order valence-corrected chi connectivity index (χ3v) is 5.37. The van der Waals surface area contributed by atoms with Crippen molar-refractivity contribution in [3.8, 4) is 11.4 Å². The summed E-state index contributed by atoms with van der Waals surface area (Å²) >= 11 is 0. The largest absolute Gasteiger partial charge is 0.346 e. The summed E-state index contributed by atoms with van der Waals surface area (Å²) in [6.07, 6.45) is 5.24. The van der Waals surface area contributed by atoms with Crippen LogP contribution in [0.3, 0.4) is 0 Å². The molecule has 5 nitrogen and oxygen atoms in total. The Morgan fingerprint density at radius 2 is 1.52 bits per heavy atom. The normalized spacial score (nSPS) is 15.1. The molecule has 1 fully saturated rings. The molecule has 1 saturated heterocycles. The number of nitrogens with zero attached hydrogens (tertiary/aromatic N) is 4. The predicted octanol–water partition coefficient (Wildman–Crippen LogP) is 4.04. The summed E-state index contributed by atoms with van der Waals surface area (Å²) in [7, 11) is 0. The SMILES string of the molecule is Cc1ccc(C)n1C1CCN(C(=O)c2cnc(-c3ccccc3)nc2)CC1. The zero-order valence-electron chi connectivity index (χ0n) is 15.8. The van der Waals surface area contributed by atoms with Gasteiger partial charge in [-0.15, -0.1) is 0 Å². The molecule has 1 aromatic carbocycles. The van der Waals surface area contributed by atoms with E-state index in [9.17, 15) is 4.79 Å². The molecular weight excluding hydrogens is 336 g/mol. The molecule has 0 aliphatic carbocycles. The van der Waals surface area contributed by atoms with Crippen LogP contribution in [0.15, 0.2) is 54.9 Å². The molecule has 5 heteroatoms. The molecule has 1 aliphatic rings. The molecule has 0 radical (unpaired) electrons. The standard InChI is InChI=1S/C22H24N4O/c1-16-8-9-17(2)26(16)20-10-12-25(13-11-20)22(27)19-14-23-21(24-15-19)18-6-4-3-5-7-18/h3-9,14-15,20H,10-13H2,1-2H3. The molecule has 3 heterocycles. The Morgan fingerprint density at radius 1 is 0.926 bits per heavy atom. The number of aromatic nitrogens is 3. The van der Waals surface area contributed by atoms with E-state index < -0.39 is 0 Å². The minimum atomic E-state index is 0.0222. The van der Waals surface area contributed by atoms with Crippen molar-refractivity contribution >= 4 is 5.91 Å². The second-order valence-electron chi connectivity index (χ2n) is 7.17. The van der Waals surface area contributed by atoms with Crippen molar-refractivity contribution in [1.29, 1.82) is 0 Å². The molecule has 0 unspecified atom stereocenters. The van der Waals surface area contributed by atoms with Gasteiger partial charge >= 0.3 is 0 Å². The molecule has 4 rings (SSSR count). The van der Waals surface area contributed by atoms with Crippen LogP contribution in [0.4, 0.5) is 0 Å². The fraction of sp³-hybridized carbons (Fsp3) is 0.318. The van der Waals surface area contributed by atoms with Crippen molar-refractivity contribution in [2.75, 3.05) is 13.1 Å². The van der Waals surface area contributed by atoms with Crippen LogP contribution in [-0.4, -0.2) is 38.4 Å². The Kier molecular flexibility index (Phi) is 4.75. The van der Waals surface area contributed by atoms with Gasteiger partial charge in [0, 0.05) is 48.5 Å². The highest BCUT2D eigenvalue weighted by Gasteiger charge is 2.26. The summed E-state index contributed by atoms with van der Waals surface area (Å²) in [6, 6.07) is 14.6.